The highest BCUT2D eigenvalue weighted by molar-refractivity contribution is 14.0. The summed E-state index contributed by atoms with van der Waals surface area (Å²) >= 11 is 3.88. The SMILES string of the molecule is CCNC(=NCC1CCCS1)NCCc1nc(CC)c(C)s1.I. The van der Waals surface area contributed by atoms with E-state index in [2.05, 4.69) is 43.2 Å². The lowest BCUT2D eigenvalue weighted by molar-refractivity contribution is 0.759. The van der Waals surface area contributed by atoms with Gasteiger partial charge in [0.05, 0.1) is 17.2 Å². The Kier molecular flexibility index (Phi) is 10.5. The lowest BCUT2D eigenvalue weighted by Gasteiger charge is -2.12. The minimum atomic E-state index is 0. The molecule has 0 aliphatic carbocycles. The minimum Gasteiger partial charge on any atom is -0.357 e. The van der Waals surface area contributed by atoms with Crippen LogP contribution in [0.3, 0.4) is 0 Å². The summed E-state index contributed by atoms with van der Waals surface area (Å²) < 4.78 is 0. The summed E-state index contributed by atoms with van der Waals surface area (Å²) in [5.74, 6) is 2.24. The highest BCUT2D eigenvalue weighted by atomic mass is 127. The number of aryl methyl sites for hydroxylation is 2. The van der Waals surface area contributed by atoms with Gasteiger partial charge in [-0.2, -0.15) is 11.8 Å². The summed E-state index contributed by atoms with van der Waals surface area (Å²) in [4.78, 5) is 10.8. The molecule has 1 saturated heterocycles. The predicted molar refractivity (Wildman–Crippen MR) is 115 cm³/mol. The van der Waals surface area contributed by atoms with Gasteiger partial charge < -0.3 is 10.6 Å². The minimum absolute atomic E-state index is 0. The number of guanidine groups is 1. The van der Waals surface area contributed by atoms with Crippen molar-refractivity contribution < 1.29 is 0 Å². The van der Waals surface area contributed by atoms with Crippen LogP contribution in [0, 0.1) is 6.92 Å². The summed E-state index contributed by atoms with van der Waals surface area (Å²) in [5, 5.41) is 8.71. The summed E-state index contributed by atoms with van der Waals surface area (Å²) in [6.45, 7) is 9.16. The fourth-order valence-electron chi connectivity index (χ4n) is 2.53. The van der Waals surface area contributed by atoms with Crippen molar-refractivity contribution >= 4 is 53.0 Å². The summed E-state index contributed by atoms with van der Waals surface area (Å²) in [6, 6.07) is 0. The molecule has 0 aromatic carbocycles. The standard InChI is InChI=1S/C16H28N4S2.HI/c1-4-14-12(3)22-15(20-14)8-9-18-16(17-5-2)19-11-13-7-6-10-21-13;/h13H,4-11H2,1-3H3,(H2,17,18,19);1H. The lowest BCUT2D eigenvalue weighted by atomic mass is 10.2. The van der Waals surface area contributed by atoms with Gasteiger partial charge in [0.1, 0.15) is 0 Å². The zero-order valence-corrected chi connectivity index (χ0v) is 18.3. The highest BCUT2D eigenvalue weighted by Crippen LogP contribution is 2.26. The molecule has 1 aromatic rings. The van der Waals surface area contributed by atoms with Gasteiger partial charge in [0.2, 0.25) is 0 Å². The molecule has 1 atom stereocenters. The average molecular weight is 468 g/mol. The van der Waals surface area contributed by atoms with Gasteiger partial charge in [-0.05, 0) is 38.9 Å². The number of hydrogen-bond acceptors (Lipinski definition) is 4. The Hall–Kier alpha value is -0.0200. The number of rotatable bonds is 7. The zero-order chi connectivity index (χ0) is 15.8. The Morgan fingerprint density at radius 1 is 1.35 bits per heavy atom. The first-order valence-electron chi connectivity index (χ1n) is 8.31. The van der Waals surface area contributed by atoms with Crippen LogP contribution in [0.5, 0.6) is 0 Å². The van der Waals surface area contributed by atoms with Crippen molar-refractivity contribution in [1.82, 2.24) is 15.6 Å². The van der Waals surface area contributed by atoms with E-state index in [1.165, 1.54) is 34.2 Å². The molecule has 0 amide bonds. The van der Waals surface area contributed by atoms with E-state index in [1.807, 2.05) is 11.3 Å². The summed E-state index contributed by atoms with van der Waals surface area (Å²) in [5.41, 5.74) is 1.25. The molecule has 132 valence electrons. The van der Waals surface area contributed by atoms with E-state index in [1.54, 1.807) is 0 Å². The third kappa shape index (κ3) is 7.17. The highest BCUT2D eigenvalue weighted by Gasteiger charge is 2.15. The molecule has 0 radical (unpaired) electrons. The molecule has 2 heterocycles. The monoisotopic (exact) mass is 468 g/mol. The Morgan fingerprint density at radius 3 is 2.78 bits per heavy atom. The first-order chi connectivity index (χ1) is 10.7. The molecule has 1 aliphatic heterocycles. The number of hydrogen-bond donors (Lipinski definition) is 2. The number of aromatic nitrogens is 1. The van der Waals surface area contributed by atoms with Crippen molar-refractivity contribution in [1.29, 1.82) is 0 Å². The van der Waals surface area contributed by atoms with Crippen molar-refractivity contribution in [3.63, 3.8) is 0 Å². The first-order valence-corrected chi connectivity index (χ1v) is 10.2. The van der Waals surface area contributed by atoms with Crippen LogP contribution in [0.25, 0.3) is 0 Å². The Balaban J connectivity index is 0.00000264. The second-order valence-electron chi connectivity index (χ2n) is 5.50. The van der Waals surface area contributed by atoms with Crippen LogP contribution in [0.2, 0.25) is 0 Å². The summed E-state index contributed by atoms with van der Waals surface area (Å²) in [7, 11) is 0. The van der Waals surface area contributed by atoms with E-state index in [0.29, 0.717) is 5.25 Å². The fraction of sp³-hybridized carbons (Fsp3) is 0.750. The van der Waals surface area contributed by atoms with Crippen molar-refractivity contribution in [2.45, 2.75) is 51.7 Å². The van der Waals surface area contributed by atoms with E-state index in [9.17, 15) is 0 Å². The number of halogens is 1. The van der Waals surface area contributed by atoms with Crippen molar-refractivity contribution in [2.24, 2.45) is 4.99 Å². The number of thiazole rings is 1. The first kappa shape index (κ1) is 21.0. The third-order valence-electron chi connectivity index (χ3n) is 3.72. The number of thioether (sulfide) groups is 1. The second kappa shape index (κ2) is 11.5. The van der Waals surface area contributed by atoms with E-state index in [-0.39, 0.29) is 24.0 Å². The zero-order valence-electron chi connectivity index (χ0n) is 14.4. The van der Waals surface area contributed by atoms with Crippen LogP contribution in [-0.2, 0) is 12.8 Å². The van der Waals surface area contributed by atoms with Crippen LogP contribution in [0.4, 0.5) is 0 Å². The van der Waals surface area contributed by atoms with Crippen molar-refractivity contribution in [3.8, 4) is 0 Å². The maximum absolute atomic E-state index is 4.72. The number of nitrogens with one attached hydrogen (secondary N) is 2. The van der Waals surface area contributed by atoms with E-state index in [4.69, 9.17) is 9.98 Å². The molecule has 2 rings (SSSR count). The van der Waals surface area contributed by atoms with Crippen molar-refractivity contribution in [3.05, 3.63) is 15.6 Å². The lowest BCUT2D eigenvalue weighted by Crippen LogP contribution is -2.38. The predicted octanol–water partition coefficient (Wildman–Crippen LogP) is 3.63. The summed E-state index contributed by atoms with van der Waals surface area (Å²) in [6.07, 6.45) is 4.65. The maximum atomic E-state index is 4.72. The Morgan fingerprint density at radius 2 is 2.17 bits per heavy atom. The van der Waals surface area contributed by atoms with Crippen LogP contribution in [-0.4, -0.2) is 41.6 Å². The van der Waals surface area contributed by atoms with Gasteiger partial charge in [-0.1, -0.05) is 6.92 Å². The molecule has 1 aromatic heterocycles. The molecule has 1 unspecified atom stereocenters. The molecule has 2 N–H and O–H groups in total. The molecule has 0 spiro atoms. The van der Waals surface area contributed by atoms with Crippen LogP contribution in [0.15, 0.2) is 4.99 Å². The van der Waals surface area contributed by atoms with Crippen LogP contribution in [0.1, 0.15) is 42.3 Å². The van der Waals surface area contributed by atoms with Crippen LogP contribution < -0.4 is 10.6 Å². The van der Waals surface area contributed by atoms with Gasteiger partial charge in [0.15, 0.2) is 5.96 Å². The molecule has 1 fully saturated rings. The largest absolute Gasteiger partial charge is 0.357 e. The molecule has 1 aliphatic rings. The van der Waals surface area contributed by atoms with Crippen molar-refractivity contribution in [2.75, 3.05) is 25.4 Å². The Bertz CT molecular complexity index is 484. The normalized spacial score (nSPS) is 17.9. The van der Waals surface area contributed by atoms with E-state index < -0.39 is 0 Å². The van der Waals surface area contributed by atoms with Gasteiger partial charge >= 0.3 is 0 Å². The fourth-order valence-corrected chi connectivity index (χ4v) is 4.73. The van der Waals surface area contributed by atoms with Gasteiger partial charge in [-0.25, -0.2) is 4.98 Å². The number of nitrogens with zero attached hydrogens (tertiary/aromatic N) is 2. The van der Waals surface area contributed by atoms with Crippen LogP contribution >= 0.6 is 47.1 Å². The second-order valence-corrected chi connectivity index (χ2v) is 8.19. The van der Waals surface area contributed by atoms with E-state index >= 15 is 0 Å². The third-order valence-corrected chi connectivity index (χ3v) is 6.18. The van der Waals surface area contributed by atoms with Gasteiger partial charge in [-0.3, -0.25) is 4.99 Å². The molecule has 4 nitrogen and oxygen atoms in total. The topological polar surface area (TPSA) is 49.3 Å². The smallest absolute Gasteiger partial charge is 0.191 e. The van der Waals surface area contributed by atoms with E-state index in [0.717, 1.165) is 38.4 Å². The molecule has 0 saturated carbocycles. The molecular formula is C16H29IN4S2. The van der Waals surface area contributed by atoms with Gasteiger partial charge in [0, 0.05) is 29.6 Å². The molecular weight excluding hydrogens is 439 g/mol. The molecule has 7 heteroatoms. The number of aliphatic imine (C=N–C) groups is 1. The molecule has 0 bridgehead atoms. The maximum Gasteiger partial charge on any atom is 0.191 e. The average Bonchev–Trinajstić information content (AvgIpc) is 3.14. The van der Waals surface area contributed by atoms with Gasteiger partial charge in [-0.15, -0.1) is 35.3 Å². The van der Waals surface area contributed by atoms with Gasteiger partial charge in [0.25, 0.3) is 0 Å². The molecule has 23 heavy (non-hydrogen) atoms. The Labute approximate surface area is 165 Å². The quantitative estimate of drug-likeness (QED) is 0.365.